The number of nitrogens with zero attached hydrogens (tertiary/aromatic N) is 7. The summed E-state index contributed by atoms with van der Waals surface area (Å²) in [6, 6.07) is 1.94. The van der Waals surface area contributed by atoms with Crippen LogP contribution in [0.2, 0.25) is 0 Å². The molecule has 0 N–H and O–H groups in total. The number of imidazole rings is 1. The third kappa shape index (κ3) is 3.44. The third-order valence-electron chi connectivity index (χ3n) is 2.82. The fraction of sp³-hybridized carbons (Fsp3) is 0.273. The number of aryl methyl sites for hydroxylation is 1. The Morgan fingerprint density at radius 3 is 2.61 bits per heavy atom. The molecule has 0 saturated carbocycles. The zero-order valence-electron chi connectivity index (χ0n) is 11.7. The summed E-state index contributed by atoms with van der Waals surface area (Å²) >= 11 is 16.8. The maximum absolute atomic E-state index is 10.9. The molecule has 0 aliphatic carbocycles. The Kier molecular flexibility index (Phi) is 4.61. The van der Waals surface area contributed by atoms with Crippen molar-refractivity contribution in [2.45, 2.75) is 3.79 Å². The summed E-state index contributed by atoms with van der Waals surface area (Å²) in [5.41, 5.74) is 0.198. The summed E-state index contributed by atoms with van der Waals surface area (Å²) in [6.07, 6.45) is 2.11. The minimum Gasteiger partial charge on any atom is -0.358 e. The molecule has 0 amide bonds. The van der Waals surface area contributed by atoms with Crippen molar-refractivity contribution in [1.29, 1.82) is 5.26 Å². The summed E-state index contributed by atoms with van der Waals surface area (Å²) in [4.78, 5) is 18.2. The molecular formula is C11H8Cl3N7O2. The number of alkyl halides is 3. The molecule has 0 radical (unpaired) electrons. The molecule has 9 nitrogen and oxygen atoms in total. The Bertz CT molecular complexity index is 841. The molecule has 0 bridgehead atoms. The number of aromatic nitrogens is 4. The molecular weight excluding hydrogens is 369 g/mol. The number of aliphatic imine (C=N–C) groups is 1. The van der Waals surface area contributed by atoms with E-state index in [-0.39, 0.29) is 28.7 Å². The summed E-state index contributed by atoms with van der Waals surface area (Å²) in [7, 11) is 2.98. The number of rotatable bonds is 3. The molecule has 12 heteroatoms. The van der Waals surface area contributed by atoms with E-state index in [2.05, 4.69) is 15.1 Å². The monoisotopic (exact) mass is 375 g/mol. The van der Waals surface area contributed by atoms with E-state index in [1.807, 2.05) is 6.07 Å². The fourth-order valence-corrected chi connectivity index (χ4v) is 1.99. The first-order chi connectivity index (χ1) is 10.7. The SMILES string of the molecule is Cn1nc(-c2ncc([N+](=O)[O-])n2C)c(C#N)c1N=CC(Cl)(Cl)Cl. The molecule has 120 valence electrons. The second kappa shape index (κ2) is 6.16. The van der Waals surface area contributed by atoms with Gasteiger partial charge in [-0.2, -0.15) is 10.4 Å². The smallest absolute Gasteiger partial charge is 0.342 e. The van der Waals surface area contributed by atoms with Crippen LogP contribution in [0.1, 0.15) is 5.56 Å². The first-order valence-electron chi connectivity index (χ1n) is 5.91. The number of nitro groups is 1. The first kappa shape index (κ1) is 17.2. The van der Waals surface area contributed by atoms with E-state index in [1.165, 1.54) is 23.3 Å². The summed E-state index contributed by atoms with van der Waals surface area (Å²) < 4.78 is 0.770. The molecule has 0 atom stereocenters. The summed E-state index contributed by atoms with van der Waals surface area (Å²) in [5, 5.41) is 24.4. The summed E-state index contributed by atoms with van der Waals surface area (Å²) in [6.45, 7) is 0. The van der Waals surface area contributed by atoms with E-state index < -0.39 is 8.72 Å². The molecule has 2 aromatic heterocycles. The van der Waals surface area contributed by atoms with Gasteiger partial charge in [0.15, 0.2) is 11.5 Å². The fourth-order valence-electron chi connectivity index (χ4n) is 1.85. The van der Waals surface area contributed by atoms with Gasteiger partial charge in [0.2, 0.25) is 3.79 Å². The zero-order valence-corrected chi connectivity index (χ0v) is 14.0. The Morgan fingerprint density at radius 1 is 1.48 bits per heavy atom. The molecule has 2 heterocycles. The molecule has 0 aliphatic heterocycles. The second-order valence-corrected chi connectivity index (χ2v) is 6.71. The lowest BCUT2D eigenvalue weighted by molar-refractivity contribution is -0.391. The minimum absolute atomic E-state index is 0.0570. The highest BCUT2D eigenvalue weighted by molar-refractivity contribution is 6.74. The maximum atomic E-state index is 10.9. The minimum atomic E-state index is -1.74. The number of halogens is 3. The van der Waals surface area contributed by atoms with Crippen LogP contribution < -0.4 is 0 Å². The lowest BCUT2D eigenvalue weighted by Gasteiger charge is -2.01. The topological polar surface area (TPSA) is 115 Å². The van der Waals surface area contributed by atoms with Gasteiger partial charge >= 0.3 is 5.82 Å². The lowest BCUT2D eigenvalue weighted by atomic mass is 10.2. The molecule has 0 aliphatic rings. The average Bonchev–Trinajstić information content (AvgIpc) is 2.95. The Morgan fingerprint density at radius 2 is 2.13 bits per heavy atom. The Labute approximate surface area is 144 Å². The van der Waals surface area contributed by atoms with Gasteiger partial charge in [-0.1, -0.05) is 34.8 Å². The van der Waals surface area contributed by atoms with Crippen molar-refractivity contribution in [3.63, 3.8) is 0 Å². The highest BCUT2D eigenvalue weighted by Crippen LogP contribution is 2.31. The lowest BCUT2D eigenvalue weighted by Crippen LogP contribution is -2.03. The van der Waals surface area contributed by atoms with Crippen molar-refractivity contribution >= 4 is 52.7 Å². The molecule has 0 aromatic carbocycles. The molecule has 0 saturated heterocycles. The van der Waals surface area contributed by atoms with E-state index in [0.717, 1.165) is 12.4 Å². The van der Waals surface area contributed by atoms with Crippen molar-refractivity contribution in [3.8, 4) is 17.6 Å². The third-order valence-corrected chi connectivity index (χ3v) is 3.12. The van der Waals surface area contributed by atoms with Gasteiger partial charge in [0.05, 0.1) is 13.3 Å². The van der Waals surface area contributed by atoms with E-state index in [9.17, 15) is 15.4 Å². The van der Waals surface area contributed by atoms with Crippen LogP contribution in [-0.4, -0.2) is 34.3 Å². The van der Waals surface area contributed by atoms with Crippen molar-refractivity contribution in [1.82, 2.24) is 19.3 Å². The van der Waals surface area contributed by atoms with Crippen LogP contribution in [-0.2, 0) is 14.1 Å². The molecule has 0 spiro atoms. The van der Waals surface area contributed by atoms with Gasteiger partial charge in [0, 0.05) is 7.05 Å². The van der Waals surface area contributed by atoms with Gasteiger partial charge in [-0.25, -0.2) is 19.2 Å². The van der Waals surface area contributed by atoms with Crippen LogP contribution in [0.4, 0.5) is 11.6 Å². The Balaban J connectivity index is 2.61. The second-order valence-electron chi connectivity index (χ2n) is 4.34. The summed E-state index contributed by atoms with van der Waals surface area (Å²) in [5.74, 6) is 0.0551. The highest BCUT2D eigenvalue weighted by atomic mass is 35.6. The molecule has 2 aromatic rings. The number of nitriles is 1. The van der Waals surface area contributed by atoms with Crippen LogP contribution in [0.5, 0.6) is 0 Å². The van der Waals surface area contributed by atoms with Crippen molar-refractivity contribution in [3.05, 3.63) is 21.9 Å². The van der Waals surface area contributed by atoms with Gasteiger partial charge < -0.3 is 10.1 Å². The Hall–Kier alpha value is -2.15. The first-order valence-corrected chi connectivity index (χ1v) is 7.04. The van der Waals surface area contributed by atoms with Crippen LogP contribution in [0.25, 0.3) is 11.5 Å². The molecule has 0 unspecified atom stereocenters. The predicted molar refractivity (Wildman–Crippen MR) is 85.2 cm³/mol. The molecule has 2 rings (SSSR count). The molecule has 0 fully saturated rings. The van der Waals surface area contributed by atoms with E-state index in [4.69, 9.17) is 34.8 Å². The van der Waals surface area contributed by atoms with E-state index in [1.54, 1.807) is 0 Å². The van der Waals surface area contributed by atoms with E-state index >= 15 is 0 Å². The van der Waals surface area contributed by atoms with Gasteiger partial charge in [-0.15, -0.1) is 0 Å². The highest BCUT2D eigenvalue weighted by Gasteiger charge is 2.26. The van der Waals surface area contributed by atoms with E-state index in [0.29, 0.717) is 0 Å². The number of hydrogen-bond acceptors (Lipinski definition) is 6. The van der Waals surface area contributed by atoms with Crippen molar-refractivity contribution < 1.29 is 4.92 Å². The maximum Gasteiger partial charge on any atom is 0.342 e. The molecule has 23 heavy (non-hydrogen) atoms. The van der Waals surface area contributed by atoms with Gasteiger partial charge in [0.1, 0.15) is 17.8 Å². The van der Waals surface area contributed by atoms with Crippen LogP contribution in [0.3, 0.4) is 0 Å². The van der Waals surface area contributed by atoms with Crippen molar-refractivity contribution in [2.24, 2.45) is 19.1 Å². The largest absolute Gasteiger partial charge is 0.358 e. The number of hydrogen-bond donors (Lipinski definition) is 0. The average molecular weight is 377 g/mol. The van der Waals surface area contributed by atoms with Crippen LogP contribution >= 0.6 is 34.8 Å². The zero-order chi connectivity index (χ0) is 17.4. The quantitative estimate of drug-likeness (QED) is 0.353. The normalized spacial score (nSPS) is 11.8. The van der Waals surface area contributed by atoms with Gasteiger partial charge in [0.25, 0.3) is 5.82 Å². The van der Waals surface area contributed by atoms with Gasteiger partial charge in [-0.05, 0) is 4.92 Å². The predicted octanol–water partition coefficient (Wildman–Crippen LogP) is 2.67. The van der Waals surface area contributed by atoms with Crippen molar-refractivity contribution in [2.75, 3.05) is 0 Å². The van der Waals surface area contributed by atoms with Crippen LogP contribution in [0, 0.1) is 21.4 Å². The van der Waals surface area contributed by atoms with Gasteiger partial charge in [-0.3, -0.25) is 0 Å². The standard InChI is InChI=1S/C11H8Cl3N7O2/c1-19-7(21(22)23)4-16-10(19)8-6(3-15)9(20(2)18-8)17-5-11(12,13)14/h4-5H,1-2H3. The van der Waals surface area contributed by atoms with Crippen LogP contribution in [0.15, 0.2) is 11.2 Å².